The SMILES string of the molecule is O=C1CO[C@H](c2ccc(NS(=O)(=O)c3cccc(F)c3)cc2)[C@@H](CO)N1C1CCOCC1. The number of carbonyl (C=O) groups is 1. The van der Waals surface area contributed by atoms with E-state index in [1.165, 1.54) is 18.2 Å². The Morgan fingerprint density at radius 1 is 1.12 bits per heavy atom. The Balaban J connectivity index is 1.52. The Bertz CT molecular complexity index is 1060. The van der Waals surface area contributed by atoms with Crippen molar-refractivity contribution in [3.63, 3.8) is 0 Å². The lowest BCUT2D eigenvalue weighted by Crippen LogP contribution is -2.57. The number of halogens is 1. The number of aliphatic hydroxyl groups is 1. The summed E-state index contributed by atoms with van der Waals surface area (Å²) in [6, 6.07) is 10.7. The number of nitrogens with one attached hydrogen (secondary N) is 1. The summed E-state index contributed by atoms with van der Waals surface area (Å²) >= 11 is 0. The average Bonchev–Trinajstić information content (AvgIpc) is 2.80. The van der Waals surface area contributed by atoms with Crippen LogP contribution in [0.15, 0.2) is 53.4 Å². The van der Waals surface area contributed by atoms with Gasteiger partial charge in [-0.2, -0.15) is 0 Å². The predicted molar refractivity (Wildman–Crippen MR) is 114 cm³/mol. The fourth-order valence-electron chi connectivity index (χ4n) is 4.21. The molecule has 2 aromatic rings. The molecule has 2 saturated heterocycles. The van der Waals surface area contributed by atoms with Crippen molar-refractivity contribution in [3.8, 4) is 0 Å². The second-order valence-corrected chi connectivity index (χ2v) is 9.49. The van der Waals surface area contributed by atoms with Crippen LogP contribution in [0.1, 0.15) is 24.5 Å². The second kappa shape index (κ2) is 9.53. The summed E-state index contributed by atoms with van der Waals surface area (Å²) in [6.45, 7) is 0.782. The van der Waals surface area contributed by atoms with Crippen LogP contribution in [0.3, 0.4) is 0 Å². The molecule has 0 unspecified atom stereocenters. The quantitative estimate of drug-likeness (QED) is 0.678. The fourth-order valence-corrected chi connectivity index (χ4v) is 5.30. The van der Waals surface area contributed by atoms with Crippen LogP contribution in [0.5, 0.6) is 0 Å². The molecule has 4 rings (SSSR count). The van der Waals surface area contributed by atoms with Crippen molar-refractivity contribution in [2.24, 2.45) is 0 Å². The van der Waals surface area contributed by atoms with Gasteiger partial charge in [-0.15, -0.1) is 0 Å². The van der Waals surface area contributed by atoms with Crippen LogP contribution in [-0.4, -0.2) is 62.8 Å². The minimum atomic E-state index is -3.95. The molecule has 2 atom stereocenters. The fraction of sp³-hybridized carbons (Fsp3) is 0.409. The smallest absolute Gasteiger partial charge is 0.261 e. The van der Waals surface area contributed by atoms with Crippen LogP contribution in [0.4, 0.5) is 10.1 Å². The van der Waals surface area contributed by atoms with Gasteiger partial charge in [-0.3, -0.25) is 9.52 Å². The number of carbonyl (C=O) groups excluding carboxylic acids is 1. The first kappa shape index (κ1) is 22.7. The summed E-state index contributed by atoms with van der Waals surface area (Å²) in [7, 11) is -3.95. The van der Waals surface area contributed by atoms with Gasteiger partial charge in [0.15, 0.2) is 0 Å². The van der Waals surface area contributed by atoms with Gasteiger partial charge in [0.2, 0.25) is 5.91 Å². The molecule has 2 aromatic carbocycles. The minimum Gasteiger partial charge on any atom is -0.394 e. The summed E-state index contributed by atoms with van der Waals surface area (Å²) in [4.78, 5) is 14.1. The van der Waals surface area contributed by atoms with Gasteiger partial charge in [0.1, 0.15) is 18.5 Å². The Morgan fingerprint density at radius 2 is 1.84 bits per heavy atom. The summed E-state index contributed by atoms with van der Waals surface area (Å²) in [6.07, 6.45) is 0.861. The topological polar surface area (TPSA) is 105 Å². The molecule has 2 heterocycles. The maximum absolute atomic E-state index is 13.4. The van der Waals surface area contributed by atoms with E-state index in [4.69, 9.17) is 9.47 Å². The number of ether oxygens (including phenoxy) is 2. The van der Waals surface area contributed by atoms with Gasteiger partial charge < -0.3 is 19.5 Å². The van der Waals surface area contributed by atoms with E-state index in [9.17, 15) is 22.7 Å². The number of anilines is 1. The van der Waals surface area contributed by atoms with E-state index in [2.05, 4.69) is 4.72 Å². The number of hydrogen-bond donors (Lipinski definition) is 2. The molecular formula is C22H25FN2O6S. The van der Waals surface area contributed by atoms with Crippen LogP contribution < -0.4 is 4.72 Å². The van der Waals surface area contributed by atoms with Crippen molar-refractivity contribution in [2.75, 3.05) is 31.1 Å². The molecule has 32 heavy (non-hydrogen) atoms. The Kier molecular flexibility index (Phi) is 6.75. The molecule has 8 nitrogen and oxygen atoms in total. The van der Waals surface area contributed by atoms with Gasteiger partial charge >= 0.3 is 0 Å². The highest BCUT2D eigenvalue weighted by Crippen LogP contribution is 2.33. The Labute approximate surface area is 186 Å². The highest BCUT2D eigenvalue weighted by atomic mass is 32.2. The lowest BCUT2D eigenvalue weighted by Gasteiger charge is -2.45. The van der Waals surface area contributed by atoms with Crippen LogP contribution in [0.2, 0.25) is 0 Å². The van der Waals surface area contributed by atoms with Crippen molar-refractivity contribution < 1.29 is 32.2 Å². The van der Waals surface area contributed by atoms with Crippen molar-refractivity contribution in [2.45, 2.75) is 35.9 Å². The first-order valence-corrected chi connectivity index (χ1v) is 11.9. The number of aliphatic hydroxyl groups excluding tert-OH is 1. The zero-order chi connectivity index (χ0) is 22.7. The van der Waals surface area contributed by atoms with Crippen molar-refractivity contribution in [1.29, 1.82) is 0 Å². The monoisotopic (exact) mass is 464 g/mol. The van der Waals surface area contributed by atoms with E-state index >= 15 is 0 Å². The van der Waals surface area contributed by atoms with E-state index in [1.54, 1.807) is 29.2 Å². The standard InChI is InChI=1S/C22H25FN2O6S/c23-16-2-1-3-19(12-16)32(28,29)24-17-6-4-15(5-7-17)22-20(13-26)25(21(27)14-31-22)18-8-10-30-11-9-18/h1-7,12,18,20,22,24,26H,8-11,13-14H2/t20-,22-/m1/s1. The highest BCUT2D eigenvalue weighted by molar-refractivity contribution is 7.92. The molecule has 0 saturated carbocycles. The molecule has 10 heteroatoms. The van der Waals surface area contributed by atoms with Crippen LogP contribution in [-0.2, 0) is 24.3 Å². The minimum absolute atomic E-state index is 0.0165. The van der Waals surface area contributed by atoms with E-state index in [0.717, 1.165) is 6.07 Å². The number of rotatable bonds is 6. The second-order valence-electron chi connectivity index (χ2n) is 7.81. The van der Waals surface area contributed by atoms with Gasteiger partial charge in [0.05, 0.1) is 17.5 Å². The molecule has 0 radical (unpaired) electrons. The largest absolute Gasteiger partial charge is 0.394 e. The van der Waals surface area contributed by atoms with Crippen LogP contribution in [0.25, 0.3) is 0 Å². The van der Waals surface area contributed by atoms with E-state index < -0.39 is 28.0 Å². The summed E-state index contributed by atoms with van der Waals surface area (Å²) in [5, 5.41) is 10.1. The summed E-state index contributed by atoms with van der Waals surface area (Å²) in [5.41, 5.74) is 1.01. The Morgan fingerprint density at radius 3 is 2.50 bits per heavy atom. The van der Waals surface area contributed by atoms with Crippen LogP contribution >= 0.6 is 0 Å². The lowest BCUT2D eigenvalue weighted by molar-refractivity contribution is -0.168. The first-order valence-electron chi connectivity index (χ1n) is 10.4. The van der Waals surface area contributed by atoms with Crippen molar-refractivity contribution in [3.05, 3.63) is 59.9 Å². The number of benzene rings is 2. The molecule has 172 valence electrons. The van der Waals surface area contributed by atoms with Crippen LogP contribution in [0, 0.1) is 5.82 Å². The molecule has 1 amide bonds. The molecule has 2 aliphatic rings. The molecule has 0 spiro atoms. The zero-order valence-corrected chi connectivity index (χ0v) is 18.1. The summed E-state index contributed by atoms with van der Waals surface area (Å²) in [5.74, 6) is -0.803. The van der Waals surface area contributed by atoms with Gasteiger partial charge in [0.25, 0.3) is 10.0 Å². The summed E-state index contributed by atoms with van der Waals surface area (Å²) < 4.78 is 52.0. The van der Waals surface area contributed by atoms with Gasteiger partial charge in [0, 0.05) is 24.9 Å². The average molecular weight is 465 g/mol. The molecule has 2 aliphatic heterocycles. The third kappa shape index (κ3) is 4.78. The lowest BCUT2D eigenvalue weighted by atomic mass is 9.95. The molecule has 0 aromatic heterocycles. The highest BCUT2D eigenvalue weighted by Gasteiger charge is 2.41. The van der Waals surface area contributed by atoms with E-state index in [0.29, 0.717) is 37.3 Å². The van der Waals surface area contributed by atoms with Gasteiger partial charge in [-0.05, 0) is 48.7 Å². The third-order valence-electron chi connectivity index (χ3n) is 5.75. The molecular weight excluding hydrogens is 439 g/mol. The number of nitrogens with zero attached hydrogens (tertiary/aromatic N) is 1. The van der Waals surface area contributed by atoms with Crippen molar-refractivity contribution >= 4 is 21.6 Å². The zero-order valence-electron chi connectivity index (χ0n) is 17.3. The third-order valence-corrected chi connectivity index (χ3v) is 7.13. The molecule has 0 bridgehead atoms. The van der Waals surface area contributed by atoms with E-state index in [1.807, 2.05) is 0 Å². The maximum Gasteiger partial charge on any atom is 0.261 e. The van der Waals surface area contributed by atoms with Gasteiger partial charge in [-0.25, -0.2) is 12.8 Å². The van der Waals surface area contributed by atoms with Crippen molar-refractivity contribution in [1.82, 2.24) is 4.90 Å². The number of amides is 1. The normalized spacial score (nSPS) is 22.7. The maximum atomic E-state index is 13.4. The Hall–Kier alpha value is -2.53. The number of morpholine rings is 1. The first-order chi connectivity index (χ1) is 15.4. The van der Waals surface area contributed by atoms with Gasteiger partial charge in [-0.1, -0.05) is 18.2 Å². The number of hydrogen-bond acceptors (Lipinski definition) is 6. The number of sulfonamides is 1. The molecule has 2 fully saturated rings. The molecule has 0 aliphatic carbocycles. The predicted octanol–water partition coefficient (Wildman–Crippen LogP) is 2.07. The van der Waals surface area contributed by atoms with E-state index in [-0.39, 0.29) is 30.1 Å². The molecule has 2 N–H and O–H groups in total.